The number of rotatable bonds is 6. The van der Waals surface area contributed by atoms with Crippen molar-refractivity contribution in [1.29, 1.82) is 0 Å². The van der Waals surface area contributed by atoms with Crippen LogP contribution >= 0.6 is 0 Å². The molecule has 4 rings (SSSR count). The van der Waals surface area contributed by atoms with Crippen LogP contribution in [0.4, 0.5) is 0 Å². The van der Waals surface area contributed by atoms with Crippen LogP contribution in [0.2, 0.25) is 0 Å². The van der Waals surface area contributed by atoms with Crippen molar-refractivity contribution in [2.75, 3.05) is 19.9 Å². The molecule has 1 N–H and O–H groups in total. The lowest BCUT2D eigenvalue weighted by atomic mass is 9.90. The minimum atomic E-state index is 0.0382. The summed E-state index contributed by atoms with van der Waals surface area (Å²) in [6.45, 7) is 3.26. The maximum absolute atomic E-state index is 11.8. The molecule has 0 aliphatic carbocycles. The Kier molecular flexibility index (Phi) is 5.25. The van der Waals surface area contributed by atoms with Crippen molar-refractivity contribution >= 4 is 0 Å². The lowest BCUT2D eigenvalue weighted by Gasteiger charge is -2.31. The van der Waals surface area contributed by atoms with Crippen molar-refractivity contribution in [3.05, 3.63) is 58.0 Å². The fourth-order valence-corrected chi connectivity index (χ4v) is 4.02. The van der Waals surface area contributed by atoms with Gasteiger partial charge in [-0.25, -0.2) is 0 Å². The summed E-state index contributed by atoms with van der Waals surface area (Å²) in [4.78, 5) is 17.0. The Morgan fingerprint density at radius 1 is 1.08 bits per heavy atom. The number of hydrogen-bond acceptors (Lipinski definition) is 4. The first-order valence-corrected chi connectivity index (χ1v) is 9.56. The molecule has 1 aromatic heterocycles. The quantitative estimate of drug-likeness (QED) is 0.864. The monoisotopic (exact) mass is 354 g/mol. The van der Waals surface area contributed by atoms with Gasteiger partial charge in [0, 0.05) is 18.3 Å². The Hall–Kier alpha value is -2.27. The molecule has 0 unspecified atom stereocenters. The second kappa shape index (κ2) is 7.96. The number of benzene rings is 1. The smallest absolute Gasteiger partial charge is 0.252 e. The van der Waals surface area contributed by atoms with Crippen LogP contribution in [-0.2, 0) is 13.0 Å². The first-order chi connectivity index (χ1) is 12.8. The molecule has 2 aliphatic heterocycles. The molecule has 1 aromatic carbocycles. The van der Waals surface area contributed by atoms with Crippen LogP contribution in [0.5, 0.6) is 11.5 Å². The first-order valence-electron chi connectivity index (χ1n) is 9.56. The van der Waals surface area contributed by atoms with E-state index in [1.807, 2.05) is 24.3 Å². The molecular weight excluding hydrogens is 328 g/mol. The normalized spacial score (nSPS) is 17.5. The zero-order valence-electron chi connectivity index (χ0n) is 15.1. The van der Waals surface area contributed by atoms with Crippen molar-refractivity contribution < 1.29 is 9.47 Å². The minimum absolute atomic E-state index is 0.0382. The second-order valence-corrected chi connectivity index (χ2v) is 7.29. The Morgan fingerprint density at radius 3 is 2.77 bits per heavy atom. The lowest BCUT2D eigenvalue weighted by Crippen LogP contribution is -2.34. The van der Waals surface area contributed by atoms with Gasteiger partial charge in [-0.05, 0) is 62.4 Å². The Morgan fingerprint density at radius 2 is 1.92 bits per heavy atom. The molecule has 0 spiro atoms. The van der Waals surface area contributed by atoms with E-state index in [-0.39, 0.29) is 5.56 Å². The van der Waals surface area contributed by atoms with E-state index in [0.717, 1.165) is 49.0 Å². The SMILES string of the molecule is O=c1[nH]cccc1CN1CCC(CCCc2cccc3c2OCO3)CC1. The van der Waals surface area contributed by atoms with Crippen LogP contribution in [-0.4, -0.2) is 29.8 Å². The van der Waals surface area contributed by atoms with E-state index >= 15 is 0 Å². The molecule has 2 aromatic rings. The van der Waals surface area contributed by atoms with Crippen molar-refractivity contribution in [2.45, 2.75) is 38.6 Å². The number of likely N-dealkylation sites (tertiary alicyclic amines) is 1. The average Bonchev–Trinajstić information content (AvgIpc) is 3.15. The Balaban J connectivity index is 1.22. The molecule has 3 heterocycles. The average molecular weight is 354 g/mol. The van der Waals surface area contributed by atoms with Crippen molar-refractivity contribution in [2.24, 2.45) is 5.92 Å². The van der Waals surface area contributed by atoms with E-state index < -0.39 is 0 Å². The maximum atomic E-state index is 11.8. The number of nitrogens with one attached hydrogen (secondary N) is 1. The van der Waals surface area contributed by atoms with E-state index in [0.29, 0.717) is 6.79 Å². The molecule has 1 saturated heterocycles. The van der Waals surface area contributed by atoms with Gasteiger partial charge in [-0.1, -0.05) is 24.6 Å². The number of nitrogens with zero attached hydrogens (tertiary/aromatic N) is 1. The molecule has 0 saturated carbocycles. The summed E-state index contributed by atoms with van der Waals surface area (Å²) in [5.41, 5.74) is 2.17. The molecule has 1 fully saturated rings. The van der Waals surface area contributed by atoms with Gasteiger partial charge in [0.1, 0.15) is 0 Å². The second-order valence-electron chi connectivity index (χ2n) is 7.29. The highest BCUT2D eigenvalue weighted by atomic mass is 16.7. The van der Waals surface area contributed by atoms with E-state index in [2.05, 4.69) is 16.0 Å². The zero-order valence-corrected chi connectivity index (χ0v) is 15.1. The van der Waals surface area contributed by atoms with E-state index in [1.165, 1.54) is 31.2 Å². The van der Waals surface area contributed by atoms with Crippen LogP contribution in [0, 0.1) is 5.92 Å². The number of aryl methyl sites for hydroxylation is 1. The maximum Gasteiger partial charge on any atom is 0.252 e. The van der Waals surface area contributed by atoms with Crippen molar-refractivity contribution in [3.63, 3.8) is 0 Å². The molecule has 5 heteroatoms. The molecule has 5 nitrogen and oxygen atoms in total. The molecular formula is C21H26N2O3. The van der Waals surface area contributed by atoms with Crippen LogP contribution in [0.1, 0.15) is 36.8 Å². The molecule has 0 bridgehead atoms. The van der Waals surface area contributed by atoms with Gasteiger partial charge in [-0.15, -0.1) is 0 Å². The molecule has 0 radical (unpaired) electrons. The Labute approximate surface area is 153 Å². The number of aromatic nitrogens is 1. The molecule has 0 amide bonds. The summed E-state index contributed by atoms with van der Waals surface area (Å²) in [6, 6.07) is 9.99. The van der Waals surface area contributed by atoms with Gasteiger partial charge in [0.25, 0.3) is 5.56 Å². The number of para-hydroxylation sites is 1. The number of pyridine rings is 1. The fourth-order valence-electron chi connectivity index (χ4n) is 4.02. The zero-order chi connectivity index (χ0) is 17.8. The third-order valence-corrected chi connectivity index (χ3v) is 5.54. The summed E-state index contributed by atoms with van der Waals surface area (Å²) in [7, 11) is 0. The fraction of sp³-hybridized carbons (Fsp3) is 0.476. The number of H-pyrrole nitrogens is 1. The highest BCUT2D eigenvalue weighted by molar-refractivity contribution is 5.48. The number of aromatic amines is 1. The summed E-state index contributed by atoms with van der Waals surface area (Å²) in [5, 5.41) is 0. The van der Waals surface area contributed by atoms with Crippen LogP contribution in [0.3, 0.4) is 0 Å². The van der Waals surface area contributed by atoms with E-state index in [1.54, 1.807) is 6.20 Å². The van der Waals surface area contributed by atoms with Gasteiger partial charge < -0.3 is 14.5 Å². The van der Waals surface area contributed by atoms with Gasteiger partial charge in [-0.2, -0.15) is 0 Å². The molecule has 2 aliphatic rings. The number of ether oxygens (including phenoxy) is 2. The molecule has 138 valence electrons. The van der Waals surface area contributed by atoms with Gasteiger partial charge in [0.05, 0.1) is 0 Å². The van der Waals surface area contributed by atoms with Gasteiger partial charge >= 0.3 is 0 Å². The predicted molar refractivity (Wildman–Crippen MR) is 101 cm³/mol. The van der Waals surface area contributed by atoms with Crippen LogP contribution in [0.25, 0.3) is 0 Å². The van der Waals surface area contributed by atoms with Gasteiger partial charge in [0.2, 0.25) is 6.79 Å². The van der Waals surface area contributed by atoms with Crippen molar-refractivity contribution in [3.8, 4) is 11.5 Å². The highest BCUT2D eigenvalue weighted by Gasteiger charge is 2.21. The van der Waals surface area contributed by atoms with Gasteiger partial charge in [0.15, 0.2) is 11.5 Å². The topological polar surface area (TPSA) is 54.6 Å². The predicted octanol–water partition coefficient (Wildman–Crippen LogP) is 3.34. The third kappa shape index (κ3) is 3.93. The van der Waals surface area contributed by atoms with Crippen LogP contribution < -0.4 is 15.0 Å². The standard InChI is InChI=1S/C21H26N2O3/c24-21-18(7-3-11-22-21)14-23-12-9-16(10-13-23)4-1-5-17-6-2-8-19-20(17)26-15-25-19/h2-3,6-8,11,16H,1,4-5,9-10,12-15H2,(H,22,24). The van der Waals surface area contributed by atoms with E-state index in [9.17, 15) is 4.79 Å². The van der Waals surface area contributed by atoms with E-state index in [4.69, 9.17) is 9.47 Å². The van der Waals surface area contributed by atoms with Gasteiger partial charge in [-0.3, -0.25) is 9.69 Å². The Bertz CT molecular complexity index is 794. The third-order valence-electron chi connectivity index (χ3n) is 5.54. The van der Waals surface area contributed by atoms with Crippen molar-refractivity contribution in [1.82, 2.24) is 9.88 Å². The number of piperidine rings is 1. The summed E-state index contributed by atoms with van der Waals surface area (Å²) in [6.07, 6.45) is 7.62. The highest BCUT2D eigenvalue weighted by Crippen LogP contribution is 2.36. The number of fused-ring (bicyclic) bond motifs is 1. The summed E-state index contributed by atoms with van der Waals surface area (Å²) >= 11 is 0. The lowest BCUT2D eigenvalue weighted by molar-refractivity contribution is 0.169. The minimum Gasteiger partial charge on any atom is -0.454 e. The molecule has 26 heavy (non-hydrogen) atoms. The number of hydrogen-bond donors (Lipinski definition) is 1. The first kappa shape index (κ1) is 17.2. The van der Waals surface area contributed by atoms with Crippen LogP contribution in [0.15, 0.2) is 41.3 Å². The summed E-state index contributed by atoms with van der Waals surface area (Å²) in [5.74, 6) is 2.61. The largest absolute Gasteiger partial charge is 0.454 e. The molecule has 0 atom stereocenters. The summed E-state index contributed by atoms with van der Waals surface area (Å²) < 4.78 is 11.0.